The Morgan fingerprint density at radius 2 is 1.95 bits per heavy atom. The minimum absolute atomic E-state index is 0.257. The number of nitrogens with zero attached hydrogens (tertiary/aromatic N) is 1. The van der Waals surface area contributed by atoms with Crippen LogP contribution in [0.3, 0.4) is 0 Å². The van der Waals surface area contributed by atoms with Crippen LogP contribution in [-0.4, -0.2) is 53.1 Å². The first-order valence-electron chi connectivity index (χ1n) is 7.13. The van der Waals surface area contributed by atoms with Crippen LogP contribution in [0, 0.1) is 6.92 Å². The summed E-state index contributed by atoms with van der Waals surface area (Å²) in [7, 11) is 0. The summed E-state index contributed by atoms with van der Waals surface area (Å²) in [6, 6.07) is 7.76. The monoisotopic (exact) mass is 281 g/mol. The van der Waals surface area contributed by atoms with Gasteiger partial charge in [-0.3, -0.25) is 4.90 Å². The van der Waals surface area contributed by atoms with Crippen LogP contribution >= 0.6 is 0 Å². The average molecular weight is 281 g/mol. The molecule has 0 aromatic heterocycles. The molecule has 0 saturated heterocycles. The first-order chi connectivity index (χ1) is 9.31. The van der Waals surface area contributed by atoms with Gasteiger partial charge in [-0.25, -0.2) is 0 Å². The Morgan fingerprint density at radius 1 is 1.30 bits per heavy atom. The van der Waals surface area contributed by atoms with Gasteiger partial charge in [0.1, 0.15) is 18.5 Å². The fraction of sp³-hybridized carbons (Fsp3) is 0.625. The fourth-order valence-electron chi connectivity index (χ4n) is 2.11. The predicted molar refractivity (Wildman–Crippen MR) is 81.1 cm³/mol. The molecule has 0 heterocycles. The molecule has 1 rings (SSSR count). The molecule has 0 amide bonds. The number of benzene rings is 1. The van der Waals surface area contributed by atoms with Gasteiger partial charge in [0.25, 0.3) is 0 Å². The van der Waals surface area contributed by atoms with E-state index in [2.05, 4.69) is 0 Å². The highest BCUT2D eigenvalue weighted by Crippen LogP contribution is 2.16. The van der Waals surface area contributed by atoms with Gasteiger partial charge in [-0.2, -0.15) is 0 Å². The molecule has 0 aliphatic rings. The Balaban J connectivity index is 2.43. The minimum atomic E-state index is -0.757. The zero-order valence-electron chi connectivity index (χ0n) is 13.0. The molecule has 0 fully saturated rings. The molecule has 4 nitrogen and oxygen atoms in total. The molecule has 0 radical (unpaired) electrons. The molecular weight excluding hydrogens is 254 g/mol. The van der Waals surface area contributed by atoms with E-state index in [-0.39, 0.29) is 6.61 Å². The van der Waals surface area contributed by atoms with Crippen molar-refractivity contribution in [2.45, 2.75) is 39.4 Å². The molecule has 0 spiro atoms. The zero-order chi connectivity index (χ0) is 15.2. The Bertz CT molecular complexity index is 401. The van der Waals surface area contributed by atoms with E-state index in [0.717, 1.165) is 17.9 Å². The van der Waals surface area contributed by atoms with E-state index in [1.54, 1.807) is 13.8 Å². The normalized spacial score (nSPS) is 13.6. The van der Waals surface area contributed by atoms with Gasteiger partial charge in [-0.1, -0.05) is 25.1 Å². The van der Waals surface area contributed by atoms with Crippen molar-refractivity contribution >= 4 is 0 Å². The van der Waals surface area contributed by atoms with Crippen LogP contribution in [0.5, 0.6) is 5.75 Å². The second-order valence-electron chi connectivity index (χ2n) is 5.87. The maximum absolute atomic E-state index is 10.1. The van der Waals surface area contributed by atoms with Crippen molar-refractivity contribution in [3.63, 3.8) is 0 Å². The van der Waals surface area contributed by atoms with Crippen molar-refractivity contribution in [2.75, 3.05) is 26.2 Å². The highest BCUT2D eigenvalue weighted by atomic mass is 16.5. The predicted octanol–water partition coefficient (Wildman–Crippen LogP) is 1.83. The molecular formula is C16H27NO3. The van der Waals surface area contributed by atoms with Gasteiger partial charge in [0.15, 0.2) is 0 Å². The summed E-state index contributed by atoms with van der Waals surface area (Å²) < 4.78 is 5.63. The van der Waals surface area contributed by atoms with Crippen molar-refractivity contribution in [1.82, 2.24) is 4.90 Å². The Morgan fingerprint density at radius 3 is 2.50 bits per heavy atom. The third-order valence-electron chi connectivity index (χ3n) is 3.05. The van der Waals surface area contributed by atoms with Gasteiger partial charge < -0.3 is 14.9 Å². The van der Waals surface area contributed by atoms with Gasteiger partial charge in [0.2, 0.25) is 0 Å². The van der Waals surface area contributed by atoms with Gasteiger partial charge in [0.05, 0.1) is 5.60 Å². The standard InChI is InChI=1S/C16H27NO3/c1-5-17(12-16(3,4)19)10-14(18)11-20-15-9-7-6-8-13(15)2/h6-9,14,18-19H,5,10-12H2,1-4H3. The molecule has 114 valence electrons. The average Bonchev–Trinajstić information content (AvgIpc) is 2.35. The highest BCUT2D eigenvalue weighted by molar-refractivity contribution is 5.31. The largest absolute Gasteiger partial charge is 0.491 e. The summed E-state index contributed by atoms with van der Waals surface area (Å²) in [5.74, 6) is 0.803. The minimum Gasteiger partial charge on any atom is -0.491 e. The molecule has 0 saturated carbocycles. The van der Waals surface area contributed by atoms with Crippen molar-refractivity contribution < 1.29 is 14.9 Å². The molecule has 1 unspecified atom stereocenters. The molecule has 2 N–H and O–H groups in total. The van der Waals surface area contributed by atoms with Crippen LogP contribution < -0.4 is 4.74 Å². The van der Waals surface area contributed by atoms with E-state index >= 15 is 0 Å². The van der Waals surface area contributed by atoms with Crippen molar-refractivity contribution in [2.24, 2.45) is 0 Å². The maximum Gasteiger partial charge on any atom is 0.122 e. The third-order valence-corrected chi connectivity index (χ3v) is 3.05. The summed E-state index contributed by atoms with van der Waals surface area (Å²) in [6.45, 7) is 9.60. The number of aliphatic hydroxyl groups excluding tert-OH is 1. The van der Waals surface area contributed by atoms with Crippen LogP contribution in [0.1, 0.15) is 26.3 Å². The van der Waals surface area contributed by atoms with Crippen molar-refractivity contribution in [3.8, 4) is 5.75 Å². The number of aliphatic hydroxyl groups is 2. The summed E-state index contributed by atoms with van der Waals surface area (Å²) in [5, 5.41) is 19.9. The van der Waals surface area contributed by atoms with Gasteiger partial charge >= 0.3 is 0 Å². The van der Waals surface area contributed by atoms with E-state index < -0.39 is 11.7 Å². The molecule has 0 aliphatic heterocycles. The molecule has 1 aromatic carbocycles. The van der Waals surface area contributed by atoms with E-state index in [9.17, 15) is 10.2 Å². The maximum atomic E-state index is 10.1. The van der Waals surface area contributed by atoms with E-state index in [1.807, 2.05) is 43.0 Å². The Kier molecular flexibility index (Phi) is 6.46. The summed E-state index contributed by atoms with van der Waals surface area (Å²) in [5.41, 5.74) is 0.301. The second kappa shape index (κ2) is 7.62. The SMILES string of the molecule is CCN(CC(O)COc1ccccc1C)CC(C)(C)O. The first kappa shape index (κ1) is 17.0. The molecule has 0 bridgehead atoms. The molecule has 4 heteroatoms. The quantitative estimate of drug-likeness (QED) is 0.763. The lowest BCUT2D eigenvalue weighted by atomic mass is 10.1. The van der Waals surface area contributed by atoms with Crippen LogP contribution in [0.4, 0.5) is 0 Å². The van der Waals surface area contributed by atoms with Crippen molar-refractivity contribution in [1.29, 1.82) is 0 Å². The molecule has 20 heavy (non-hydrogen) atoms. The highest BCUT2D eigenvalue weighted by Gasteiger charge is 2.19. The lowest BCUT2D eigenvalue weighted by molar-refractivity contribution is 0.0115. The van der Waals surface area contributed by atoms with E-state index in [0.29, 0.717) is 13.1 Å². The van der Waals surface area contributed by atoms with Crippen molar-refractivity contribution in [3.05, 3.63) is 29.8 Å². The fourth-order valence-corrected chi connectivity index (χ4v) is 2.11. The third kappa shape index (κ3) is 6.37. The van der Waals surface area contributed by atoms with Crippen LogP contribution in [0.25, 0.3) is 0 Å². The van der Waals surface area contributed by atoms with Crippen LogP contribution in [0.2, 0.25) is 0 Å². The van der Waals surface area contributed by atoms with E-state index in [4.69, 9.17) is 4.74 Å². The number of ether oxygens (including phenoxy) is 1. The van der Waals surface area contributed by atoms with Gasteiger partial charge in [-0.15, -0.1) is 0 Å². The summed E-state index contributed by atoms with van der Waals surface area (Å²) in [6.07, 6.45) is -0.572. The molecule has 1 atom stereocenters. The number of rotatable bonds is 8. The number of aryl methyl sites for hydroxylation is 1. The summed E-state index contributed by atoms with van der Waals surface area (Å²) in [4.78, 5) is 2.02. The number of hydrogen-bond acceptors (Lipinski definition) is 4. The lowest BCUT2D eigenvalue weighted by Crippen LogP contribution is -2.43. The first-order valence-corrected chi connectivity index (χ1v) is 7.13. The Hall–Kier alpha value is -1.10. The molecule has 1 aromatic rings. The second-order valence-corrected chi connectivity index (χ2v) is 5.87. The molecule has 0 aliphatic carbocycles. The number of para-hydroxylation sites is 1. The summed E-state index contributed by atoms with van der Waals surface area (Å²) >= 11 is 0. The van der Waals surface area contributed by atoms with E-state index in [1.165, 1.54) is 0 Å². The number of likely N-dealkylation sites (N-methyl/N-ethyl adjacent to an activating group) is 1. The van der Waals surface area contributed by atoms with Gasteiger partial charge in [0, 0.05) is 13.1 Å². The van der Waals surface area contributed by atoms with Crippen LogP contribution in [0.15, 0.2) is 24.3 Å². The number of hydrogen-bond donors (Lipinski definition) is 2. The lowest BCUT2D eigenvalue weighted by Gasteiger charge is -2.29. The van der Waals surface area contributed by atoms with Gasteiger partial charge in [-0.05, 0) is 38.9 Å². The topological polar surface area (TPSA) is 52.9 Å². The smallest absolute Gasteiger partial charge is 0.122 e. The Labute approximate surface area is 122 Å². The van der Waals surface area contributed by atoms with Crippen LogP contribution in [-0.2, 0) is 0 Å². The zero-order valence-corrected chi connectivity index (χ0v) is 13.0.